The van der Waals surface area contributed by atoms with Gasteiger partial charge in [0.1, 0.15) is 11.0 Å². The molecule has 0 radical (unpaired) electrons. The number of hydrogen-bond donors (Lipinski definition) is 2. The Bertz CT molecular complexity index is 833. The number of aryl methyl sites for hydroxylation is 1. The summed E-state index contributed by atoms with van der Waals surface area (Å²) < 4.78 is 5.00. The minimum atomic E-state index is -0.426. The number of benzene rings is 2. The Balaban J connectivity index is 1.85. The fraction of sp³-hybridized carbons (Fsp3) is 0.111. The number of amides is 1. The van der Waals surface area contributed by atoms with Crippen LogP contribution in [0.3, 0.4) is 0 Å². The Morgan fingerprint density at radius 2 is 1.96 bits per heavy atom. The van der Waals surface area contributed by atoms with E-state index in [4.69, 9.17) is 10.3 Å². The fourth-order valence-electron chi connectivity index (χ4n) is 2.24. The van der Waals surface area contributed by atoms with Gasteiger partial charge in [0.25, 0.3) is 0 Å². The van der Waals surface area contributed by atoms with Crippen LogP contribution < -0.4 is 11.1 Å². The van der Waals surface area contributed by atoms with E-state index in [0.717, 1.165) is 10.5 Å². The SMILES string of the molecule is Cc1cc(NC(=O)C(Sc2cccc(N)c2)c2ccccc2)no1. The van der Waals surface area contributed by atoms with Gasteiger partial charge in [-0.1, -0.05) is 41.6 Å². The average molecular weight is 339 g/mol. The van der Waals surface area contributed by atoms with Crippen molar-refractivity contribution in [3.63, 3.8) is 0 Å². The molecule has 3 aromatic rings. The van der Waals surface area contributed by atoms with Crippen LogP contribution in [0, 0.1) is 6.92 Å². The summed E-state index contributed by atoms with van der Waals surface area (Å²) >= 11 is 1.44. The van der Waals surface area contributed by atoms with Crippen LogP contribution in [0.5, 0.6) is 0 Å². The van der Waals surface area contributed by atoms with E-state index in [1.807, 2.05) is 54.6 Å². The summed E-state index contributed by atoms with van der Waals surface area (Å²) in [5.74, 6) is 0.888. The van der Waals surface area contributed by atoms with E-state index in [1.54, 1.807) is 13.0 Å². The highest BCUT2D eigenvalue weighted by Crippen LogP contribution is 2.36. The second-order valence-corrected chi connectivity index (χ2v) is 6.47. The maximum absolute atomic E-state index is 12.8. The highest BCUT2D eigenvalue weighted by Gasteiger charge is 2.23. The third kappa shape index (κ3) is 3.97. The molecule has 0 aliphatic heterocycles. The molecule has 1 heterocycles. The van der Waals surface area contributed by atoms with Crippen molar-refractivity contribution in [2.24, 2.45) is 0 Å². The maximum Gasteiger partial charge on any atom is 0.243 e. The van der Waals surface area contributed by atoms with Crippen LogP contribution in [-0.4, -0.2) is 11.1 Å². The van der Waals surface area contributed by atoms with Crippen molar-refractivity contribution >= 4 is 29.2 Å². The van der Waals surface area contributed by atoms with Crippen LogP contribution in [0.15, 0.2) is 70.1 Å². The van der Waals surface area contributed by atoms with E-state index in [1.165, 1.54) is 11.8 Å². The minimum absolute atomic E-state index is 0.165. The molecule has 1 aromatic heterocycles. The van der Waals surface area contributed by atoms with E-state index < -0.39 is 5.25 Å². The molecule has 0 fully saturated rings. The lowest BCUT2D eigenvalue weighted by Gasteiger charge is -2.16. The summed E-state index contributed by atoms with van der Waals surface area (Å²) in [6.07, 6.45) is 0. The number of anilines is 2. The number of nitrogen functional groups attached to an aromatic ring is 1. The summed E-state index contributed by atoms with van der Waals surface area (Å²) in [5.41, 5.74) is 7.41. The minimum Gasteiger partial charge on any atom is -0.399 e. The van der Waals surface area contributed by atoms with Gasteiger partial charge in [-0.15, -0.1) is 11.8 Å². The quantitative estimate of drug-likeness (QED) is 0.542. The predicted octanol–water partition coefficient (Wildman–Crippen LogP) is 4.04. The molecule has 0 bridgehead atoms. The molecule has 5 nitrogen and oxygen atoms in total. The Morgan fingerprint density at radius 1 is 1.17 bits per heavy atom. The molecule has 3 rings (SSSR count). The number of rotatable bonds is 5. The predicted molar refractivity (Wildman–Crippen MR) is 95.8 cm³/mol. The monoisotopic (exact) mass is 339 g/mol. The molecule has 24 heavy (non-hydrogen) atoms. The Morgan fingerprint density at radius 3 is 2.62 bits per heavy atom. The van der Waals surface area contributed by atoms with Gasteiger partial charge in [-0.25, -0.2) is 0 Å². The summed E-state index contributed by atoms with van der Waals surface area (Å²) in [5, 5.41) is 6.19. The molecule has 0 spiro atoms. The van der Waals surface area contributed by atoms with Gasteiger partial charge in [-0.2, -0.15) is 0 Å². The maximum atomic E-state index is 12.8. The number of aromatic nitrogens is 1. The van der Waals surface area contributed by atoms with Gasteiger partial charge in [0.15, 0.2) is 5.82 Å². The zero-order valence-corrected chi connectivity index (χ0v) is 13.9. The molecule has 0 saturated carbocycles. The molecule has 1 unspecified atom stereocenters. The second kappa shape index (κ2) is 7.23. The van der Waals surface area contributed by atoms with Gasteiger partial charge in [0, 0.05) is 16.6 Å². The molecule has 6 heteroatoms. The first-order valence-corrected chi connectivity index (χ1v) is 8.31. The number of hydrogen-bond acceptors (Lipinski definition) is 5. The molecule has 1 atom stereocenters. The third-order valence-corrected chi connectivity index (χ3v) is 4.58. The summed E-state index contributed by atoms with van der Waals surface area (Å²) in [7, 11) is 0. The third-order valence-electron chi connectivity index (χ3n) is 3.33. The summed E-state index contributed by atoms with van der Waals surface area (Å²) in [4.78, 5) is 13.7. The molecule has 0 saturated heterocycles. The van der Waals surface area contributed by atoms with Gasteiger partial charge in [0.2, 0.25) is 5.91 Å². The van der Waals surface area contributed by atoms with E-state index >= 15 is 0 Å². The lowest BCUT2D eigenvalue weighted by atomic mass is 10.1. The lowest BCUT2D eigenvalue weighted by Crippen LogP contribution is -2.19. The lowest BCUT2D eigenvalue weighted by molar-refractivity contribution is -0.115. The molecule has 2 aromatic carbocycles. The van der Waals surface area contributed by atoms with Gasteiger partial charge in [-0.05, 0) is 30.7 Å². The van der Waals surface area contributed by atoms with Crippen molar-refractivity contribution in [2.45, 2.75) is 17.1 Å². The molecular weight excluding hydrogens is 322 g/mol. The van der Waals surface area contributed by atoms with Crippen LogP contribution in [0.25, 0.3) is 0 Å². The smallest absolute Gasteiger partial charge is 0.243 e. The van der Waals surface area contributed by atoms with Crippen LogP contribution in [0.2, 0.25) is 0 Å². The van der Waals surface area contributed by atoms with Crippen molar-refractivity contribution in [3.05, 3.63) is 72.0 Å². The van der Waals surface area contributed by atoms with Gasteiger partial charge in [0.05, 0.1) is 0 Å². The zero-order valence-electron chi connectivity index (χ0n) is 13.1. The van der Waals surface area contributed by atoms with Crippen molar-refractivity contribution in [2.75, 3.05) is 11.1 Å². The number of thioether (sulfide) groups is 1. The van der Waals surface area contributed by atoms with E-state index in [2.05, 4.69) is 10.5 Å². The highest BCUT2D eigenvalue weighted by molar-refractivity contribution is 8.00. The van der Waals surface area contributed by atoms with Crippen LogP contribution >= 0.6 is 11.8 Å². The second-order valence-electron chi connectivity index (χ2n) is 5.29. The molecule has 3 N–H and O–H groups in total. The number of carbonyl (C=O) groups excluding carboxylic acids is 1. The fourth-order valence-corrected chi connectivity index (χ4v) is 3.33. The molecule has 0 aliphatic rings. The Hall–Kier alpha value is -2.73. The topological polar surface area (TPSA) is 81.2 Å². The molecule has 0 aliphatic carbocycles. The Labute approximate surface area is 144 Å². The first-order chi connectivity index (χ1) is 11.6. The van der Waals surface area contributed by atoms with Crippen LogP contribution in [-0.2, 0) is 4.79 Å². The van der Waals surface area contributed by atoms with E-state index in [0.29, 0.717) is 17.3 Å². The average Bonchev–Trinajstić information content (AvgIpc) is 2.98. The van der Waals surface area contributed by atoms with Crippen molar-refractivity contribution in [1.29, 1.82) is 0 Å². The van der Waals surface area contributed by atoms with Crippen LogP contribution in [0.1, 0.15) is 16.6 Å². The van der Waals surface area contributed by atoms with Crippen molar-refractivity contribution < 1.29 is 9.32 Å². The molecule has 122 valence electrons. The highest BCUT2D eigenvalue weighted by atomic mass is 32.2. The van der Waals surface area contributed by atoms with Crippen LogP contribution in [0.4, 0.5) is 11.5 Å². The number of nitrogens with zero attached hydrogens (tertiary/aromatic N) is 1. The largest absolute Gasteiger partial charge is 0.399 e. The van der Waals surface area contributed by atoms with Gasteiger partial charge < -0.3 is 15.6 Å². The number of nitrogens with one attached hydrogen (secondary N) is 1. The molecular formula is C18H17N3O2S. The molecule has 1 amide bonds. The number of nitrogens with two attached hydrogens (primary N) is 1. The van der Waals surface area contributed by atoms with Gasteiger partial charge >= 0.3 is 0 Å². The van der Waals surface area contributed by atoms with Gasteiger partial charge in [-0.3, -0.25) is 4.79 Å². The Kier molecular flexibility index (Phi) is 4.86. The summed E-state index contributed by atoms with van der Waals surface area (Å²) in [6.45, 7) is 1.78. The zero-order chi connectivity index (χ0) is 16.9. The first-order valence-electron chi connectivity index (χ1n) is 7.43. The first kappa shape index (κ1) is 16.1. The van der Waals surface area contributed by atoms with E-state index in [-0.39, 0.29) is 5.91 Å². The summed E-state index contributed by atoms with van der Waals surface area (Å²) in [6, 6.07) is 18.8. The van der Waals surface area contributed by atoms with Crippen molar-refractivity contribution in [1.82, 2.24) is 5.16 Å². The number of carbonyl (C=O) groups is 1. The normalized spacial score (nSPS) is 11.9. The van der Waals surface area contributed by atoms with E-state index in [9.17, 15) is 4.79 Å². The standard InChI is InChI=1S/C18H17N3O2S/c1-12-10-16(21-23-12)20-18(22)17(13-6-3-2-4-7-13)24-15-9-5-8-14(19)11-15/h2-11,17H,19H2,1H3,(H,20,21,22). The van der Waals surface area contributed by atoms with Crippen molar-refractivity contribution in [3.8, 4) is 0 Å².